The van der Waals surface area contributed by atoms with E-state index in [-0.39, 0.29) is 10.9 Å². The molecule has 1 aliphatic rings. The molecule has 0 spiro atoms. The molecular formula is C13H15N5O2S. The lowest BCUT2D eigenvalue weighted by atomic mass is 9.95. The number of sulfone groups is 1. The first-order chi connectivity index (χ1) is 9.82. The van der Waals surface area contributed by atoms with E-state index in [2.05, 4.69) is 15.3 Å². The minimum Gasteiger partial charge on any atom is -0.370 e. The van der Waals surface area contributed by atoms with Gasteiger partial charge in [0.05, 0.1) is 16.3 Å². The summed E-state index contributed by atoms with van der Waals surface area (Å²) in [6, 6.07) is 8.28. The van der Waals surface area contributed by atoms with Crippen molar-refractivity contribution in [3.8, 4) is 0 Å². The predicted octanol–water partition coefficient (Wildman–Crippen LogP) is 0.318. The fraction of sp³-hybridized carbons (Fsp3) is 0.154. The predicted molar refractivity (Wildman–Crippen MR) is 80.6 cm³/mol. The number of aliphatic imine (C=N–C) groups is 1. The summed E-state index contributed by atoms with van der Waals surface area (Å²) in [4.78, 5) is 7.37. The highest BCUT2D eigenvalue weighted by Gasteiger charge is 2.39. The largest absolute Gasteiger partial charge is 0.370 e. The quantitative estimate of drug-likeness (QED) is 0.635. The number of fused-ring (bicyclic) bond motifs is 1. The molecule has 0 saturated heterocycles. The number of nitrogens with one attached hydrogen (secondary N) is 2. The highest BCUT2D eigenvalue weighted by atomic mass is 32.2. The molecule has 0 amide bonds. The molecule has 1 aliphatic heterocycles. The molecule has 0 radical (unpaired) electrons. The number of H-pyrrole nitrogens is 1. The Balaban J connectivity index is 2.32. The summed E-state index contributed by atoms with van der Waals surface area (Å²) in [6.45, 7) is 0. The van der Waals surface area contributed by atoms with Crippen molar-refractivity contribution in [1.29, 1.82) is 0 Å². The third kappa shape index (κ3) is 2.08. The molecule has 2 heterocycles. The number of guanidine groups is 1. The molecule has 0 aliphatic carbocycles. The second kappa shape index (κ2) is 4.34. The maximum Gasteiger partial charge on any atom is 0.195 e. The Morgan fingerprint density at radius 1 is 1.24 bits per heavy atom. The molecule has 0 fully saturated rings. The van der Waals surface area contributed by atoms with Crippen LogP contribution in [-0.2, 0) is 15.5 Å². The molecule has 1 unspecified atom stereocenters. The third-order valence-electron chi connectivity index (χ3n) is 3.38. The monoisotopic (exact) mass is 305 g/mol. The van der Waals surface area contributed by atoms with E-state index in [4.69, 9.17) is 11.5 Å². The van der Waals surface area contributed by atoms with Gasteiger partial charge in [-0.2, -0.15) is 0 Å². The summed E-state index contributed by atoms with van der Waals surface area (Å²) in [5.74, 6) is 0.132. The van der Waals surface area contributed by atoms with Crippen LogP contribution < -0.4 is 16.8 Å². The zero-order valence-corrected chi connectivity index (χ0v) is 12.1. The first kappa shape index (κ1) is 13.7. The first-order valence-electron chi connectivity index (χ1n) is 6.21. The summed E-state index contributed by atoms with van der Waals surface area (Å²) in [5.41, 5.74) is 12.4. The van der Waals surface area contributed by atoms with Crippen LogP contribution in [0.2, 0.25) is 0 Å². The highest BCUT2D eigenvalue weighted by Crippen LogP contribution is 2.37. The van der Waals surface area contributed by atoms with Gasteiger partial charge in [-0.1, -0.05) is 18.2 Å². The van der Waals surface area contributed by atoms with E-state index < -0.39 is 15.5 Å². The van der Waals surface area contributed by atoms with E-state index in [1.54, 1.807) is 30.5 Å². The molecule has 21 heavy (non-hydrogen) atoms. The van der Waals surface area contributed by atoms with E-state index in [0.717, 1.165) is 6.26 Å². The second-order valence-electron chi connectivity index (χ2n) is 4.92. The Morgan fingerprint density at radius 2 is 1.95 bits per heavy atom. The molecule has 1 atom stereocenters. The van der Waals surface area contributed by atoms with Gasteiger partial charge in [-0.25, -0.2) is 13.4 Å². The van der Waals surface area contributed by atoms with Gasteiger partial charge < -0.3 is 16.0 Å². The normalized spacial score (nSPS) is 21.3. The van der Waals surface area contributed by atoms with Crippen molar-refractivity contribution in [2.24, 2.45) is 16.5 Å². The van der Waals surface area contributed by atoms with Crippen LogP contribution in [0.3, 0.4) is 0 Å². The summed E-state index contributed by atoms with van der Waals surface area (Å²) >= 11 is 0. The minimum atomic E-state index is -3.45. The standard InChI is InChI=1S/C13H15N5O2S/c1-21(19,20)10-5-3-2-4-8(10)13(15)11-9(6-7-16-11)17-12(14)18-13/h2-7,16H,15H2,1H3,(H3,14,17,18). The number of rotatable bonds is 2. The van der Waals surface area contributed by atoms with E-state index in [0.29, 0.717) is 16.9 Å². The number of anilines is 1. The summed E-state index contributed by atoms with van der Waals surface area (Å²) < 4.78 is 24.0. The zero-order chi connectivity index (χ0) is 15.3. The number of hydrogen-bond donors (Lipinski definition) is 4. The Kier molecular flexibility index (Phi) is 2.82. The van der Waals surface area contributed by atoms with Crippen molar-refractivity contribution in [2.75, 3.05) is 11.6 Å². The van der Waals surface area contributed by atoms with Crippen LogP contribution in [0, 0.1) is 0 Å². The van der Waals surface area contributed by atoms with E-state index in [9.17, 15) is 8.42 Å². The summed E-state index contributed by atoms with van der Waals surface area (Å²) in [7, 11) is -3.45. The number of benzene rings is 1. The molecule has 7 nitrogen and oxygen atoms in total. The summed E-state index contributed by atoms with van der Waals surface area (Å²) in [5, 5.41) is 2.89. The van der Waals surface area contributed by atoms with Gasteiger partial charge >= 0.3 is 0 Å². The molecule has 110 valence electrons. The van der Waals surface area contributed by atoms with Gasteiger partial charge in [-0.05, 0) is 12.1 Å². The van der Waals surface area contributed by atoms with Crippen LogP contribution in [0.4, 0.5) is 5.69 Å². The third-order valence-corrected chi connectivity index (χ3v) is 4.54. The average molecular weight is 305 g/mol. The molecule has 1 aromatic heterocycles. The molecule has 0 bridgehead atoms. The van der Waals surface area contributed by atoms with E-state index >= 15 is 0 Å². The Labute approximate surface area is 122 Å². The van der Waals surface area contributed by atoms with Gasteiger partial charge in [0.2, 0.25) is 0 Å². The molecule has 3 rings (SSSR count). The topological polar surface area (TPSA) is 126 Å². The van der Waals surface area contributed by atoms with Crippen LogP contribution in [0.25, 0.3) is 0 Å². The van der Waals surface area contributed by atoms with Gasteiger partial charge in [0.15, 0.2) is 21.5 Å². The van der Waals surface area contributed by atoms with Crippen LogP contribution in [0.15, 0.2) is 46.4 Å². The lowest BCUT2D eigenvalue weighted by molar-refractivity contribution is 0.534. The van der Waals surface area contributed by atoms with E-state index in [1.807, 2.05) is 0 Å². The molecule has 0 saturated carbocycles. The van der Waals surface area contributed by atoms with Crippen LogP contribution in [0.5, 0.6) is 0 Å². The minimum absolute atomic E-state index is 0.131. The smallest absolute Gasteiger partial charge is 0.195 e. The van der Waals surface area contributed by atoms with Gasteiger partial charge in [0, 0.05) is 18.0 Å². The Morgan fingerprint density at radius 3 is 2.67 bits per heavy atom. The van der Waals surface area contributed by atoms with E-state index in [1.165, 1.54) is 6.07 Å². The van der Waals surface area contributed by atoms with Crippen molar-refractivity contribution in [2.45, 2.75) is 10.6 Å². The molecule has 8 heteroatoms. The average Bonchev–Trinajstić information content (AvgIpc) is 2.86. The molecule has 2 aromatic rings. The Hall–Kier alpha value is -2.32. The lowest BCUT2D eigenvalue weighted by Crippen LogP contribution is -2.44. The van der Waals surface area contributed by atoms with Crippen molar-refractivity contribution in [3.05, 3.63) is 47.8 Å². The maximum absolute atomic E-state index is 12.0. The van der Waals surface area contributed by atoms with Crippen molar-refractivity contribution >= 4 is 21.5 Å². The van der Waals surface area contributed by atoms with Crippen molar-refractivity contribution in [1.82, 2.24) is 4.98 Å². The molecular weight excluding hydrogens is 290 g/mol. The van der Waals surface area contributed by atoms with Crippen molar-refractivity contribution < 1.29 is 8.42 Å². The van der Waals surface area contributed by atoms with Crippen LogP contribution >= 0.6 is 0 Å². The van der Waals surface area contributed by atoms with Gasteiger partial charge in [0.1, 0.15) is 0 Å². The number of nitrogens with zero attached hydrogens (tertiary/aromatic N) is 1. The van der Waals surface area contributed by atoms with Crippen LogP contribution in [0.1, 0.15) is 11.3 Å². The van der Waals surface area contributed by atoms with Gasteiger partial charge in [-0.3, -0.25) is 5.73 Å². The fourth-order valence-corrected chi connectivity index (χ4v) is 3.45. The maximum atomic E-state index is 12.0. The SMILES string of the molecule is CS(=O)(=O)c1ccccc1C1(N)N=C(N)Nc2cc[nH]c21. The zero-order valence-electron chi connectivity index (χ0n) is 11.3. The lowest BCUT2D eigenvalue weighted by Gasteiger charge is -2.31. The number of hydrogen-bond acceptors (Lipinski definition) is 6. The highest BCUT2D eigenvalue weighted by molar-refractivity contribution is 7.90. The molecule has 6 N–H and O–H groups in total. The van der Waals surface area contributed by atoms with Crippen LogP contribution in [-0.4, -0.2) is 25.6 Å². The molecule has 1 aromatic carbocycles. The number of aromatic amines is 1. The summed E-state index contributed by atoms with van der Waals surface area (Å²) in [6.07, 6.45) is 2.83. The van der Waals surface area contributed by atoms with Gasteiger partial charge in [0.25, 0.3) is 0 Å². The van der Waals surface area contributed by atoms with Crippen molar-refractivity contribution in [3.63, 3.8) is 0 Å². The second-order valence-corrected chi connectivity index (χ2v) is 6.91. The van der Waals surface area contributed by atoms with Gasteiger partial charge in [-0.15, -0.1) is 0 Å². The number of aromatic nitrogens is 1. The first-order valence-corrected chi connectivity index (χ1v) is 8.10. The fourth-order valence-electron chi connectivity index (χ4n) is 2.50. The number of nitrogens with two attached hydrogens (primary N) is 2. The Bertz CT molecular complexity index is 840.